The number of amides is 1. The van der Waals surface area contributed by atoms with Crippen LogP contribution in [0.2, 0.25) is 0 Å². The van der Waals surface area contributed by atoms with Gasteiger partial charge >= 0.3 is 0 Å². The van der Waals surface area contributed by atoms with Gasteiger partial charge in [-0.05, 0) is 48.7 Å². The fourth-order valence-electron chi connectivity index (χ4n) is 3.50. The van der Waals surface area contributed by atoms with E-state index in [9.17, 15) is 4.79 Å². The van der Waals surface area contributed by atoms with Crippen molar-refractivity contribution in [3.05, 3.63) is 47.2 Å². The number of rotatable bonds is 6. The van der Waals surface area contributed by atoms with Crippen LogP contribution in [0.15, 0.2) is 35.3 Å². The molecule has 1 aromatic carbocycles. The minimum Gasteiger partial charge on any atom is -0.493 e. The van der Waals surface area contributed by atoms with E-state index in [1.54, 1.807) is 27.3 Å². The second-order valence-electron chi connectivity index (χ2n) is 7.08. The predicted molar refractivity (Wildman–Crippen MR) is 133 cm³/mol. The van der Waals surface area contributed by atoms with Crippen molar-refractivity contribution < 1.29 is 14.3 Å². The van der Waals surface area contributed by atoms with Gasteiger partial charge in [0.15, 0.2) is 17.5 Å². The van der Waals surface area contributed by atoms with Crippen LogP contribution in [-0.2, 0) is 17.8 Å². The van der Waals surface area contributed by atoms with Gasteiger partial charge in [-0.2, -0.15) is 0 Å². The Morgan fingerprint density at radius 2 is 1.90 bits per heavy atom. The number of aromatic nitrogens is 1. The van der Waals surface area contributed by atoms with Crippen molar-refractivity contribution in [1.29, 1.82) is 0 Å². The lowest BCUT2D eigenvalue weighted by molar-refractivity contribution is -0.116. The summed E-state index contributed by atoms with van der Waals surface area (Å²) in [4.78, 5) is 23.0. The molecule has 9 heteroatoms. The number of hydrogen-bond acceptors (Lipinski definition) is 5. The van der Waals surface area contributed by atoms with Crippen LogP contribution in [0.25, 0.3) is 0 Å². The summed E-state index contributed by atoms with van der Waals surface area (Å²) in [6.07, 6.45) is 1.21. The van der Waals surface area contributed by atoms with Crippen molar-refractivity contribution in [2.45, 2.75) is 26.3 Å². The number of aryl methyl sites for hydroxylation is 1. The van der Waals surface area contributed by atoms with Gasteiger partial charge in [-0.1, -0.05) is 6.07 Å². The number of ether oxygens (including phenoxy) is 2. The molecule has 0 saturated heterocycles. The number of carbonyl (C=O) groups excluding carboxylic acids is 1. The summed E-state index contributed by atoms with van der Waals surface area (Å²) in [6, 6.07) is 9.62. The number of guanidine groups is 1. The van der Waals surface area contributed by atoms with Crippen LogP contribution in [0.1, 0.15) is 23.2 Å². The molecular formula is C22H30IN5O3. The van der Waals surface area contributed by atoms with Crippen LogP contribution in [0.3, 0.4) is 0 Å². The highest BCUT2D eigenvalue weighted by atomic mass is 127. The fraction of sp³-hybridized carbons (Fsp3) is 0.409. The van der Waals surface area contributed by atoms with E-state index in [4.69, 9.17) is 9.47 Å². The number of nitrogens with one attached hydrogen (secondary N) is 2. The van der Waals surface area contributed by atoms with Crippen LogP contribution in [0.4, 0.5) is 5.82 Å². The van der Waals surface area contributed by atoms with Gasteiger partial charge in [-0.25, -0.2) is 4.98 Å². The molecule has 0 fully saturated rings. The first-order chi connectivity index (χ1) is 14.5. The molecule has 0 unspecified atom stereocenters. The first-order valence-electron chi connectivity index (χ1n) is 9.97. The summed E-state index contributed by atoms with van der Waals surface area (Å²) >= 11 is 0. The van der Waals surface area contributed by atoms with Crippen LogP contribution in [-0.4, -0.2) is 56.1 Å². The van der Waals surface area contributed by atoms with E-state index in [1.807, 2.05) is 31.2 Å². The molecule has 0 atom stereocenters. The first-order valence-corrected chi connectivity index (χ1v) is 9.97. The molecule has 2 heterocycles. The average molecular weight is 539 g/mol. The van der Waals surface area contributed by atoms with Crippen molar-refractivity contribution in [2.24, 2.45) is 4.99 Å². The van der Waals surface area contributed by atoms with Crippen molar-refractivity contribution in [1.82, 2.24) is 15.2 Å². The molecule has 1 aliphatic heterocycles. The fourth-order valence-corrected chi connectivity index (χ4v) is 3.50. The molecule has 0 spiro atoms. The number of methoxy groups -OCH3 is 2. The topological polar surface area (TPSA) is 88.1 Å². The maximum absolute atomic E-state index is 12.2. The van der Waals surface area contributed by atoms with Crippen LogP contribution in [0.5, 0.6) is 11.5 Å². The Morgan fingerprint density at radius 1 is 1.19 bits per heavy atom. The summed E-state index contributed by atoms with van der Waals surface area (Å²) in [5, 5.41) is 6.11. The Hall–Kier alpha value is -2.56. The Balaban J connectivity index is 0.00000341. The number of nitrogens with zero attached hydrogens (tertiary/aromatic N) is 3. The number of benzene rings is 1. The third-order valence-corrected chi connectivity index (χ3v) is 5.02. The maximum atomic E-state index is 12.2. The van der Waals surface area contributed by atoms with Crippen molar-refractivity contribution in [3.63, 3.8) is 0 Å². The number of carbonyl (C=O) groups is 1. The molecular weight excluding hydrogens is 509 g/mol. The van der Waals surface area contributed by atoms with Gasteiger partial charge in [-0.15, -0.1) is 24.0 Å². The SMILES string of the molecule is CN=C(NCCC(=O)Nc1cccc(C)n1)N1CCc2cc(OC)c(OC)cc2C1.I. The van der Waals surface area contributed by atoms with E-state index >= 15 is 0 Å². The molecule has 0 bridgehead atoms. The van der Waals surface area contributed by atoms with Crippen molar-refractivity contribution in [3.8, 4) is 11.5 Å². The van der Waals surface area contributed by atoms with Gasteiger partial charge in [0.2, 0.25) is 5.91 Å². The lowest BCUT2D eigenvalue weighted by Gasteiger charge is -2.32. The predicted octanol–water partition coefficient (Wildman–Crippen LogP) is 2.99. The number of hydrogen-bond donors (Lipinski definition) is 2. The van der Waals surface area contributed by atoms with Crippen LogP contribution < -0.4 is 20.1 Å². The third kappa shape index (κ3) is 6.46. The summed E-state index contributed by atoms with van der Waals surface area (Å²) in [5.74, 6) is 2.74. The van der Waals surface area contributed by atoms with E-state index < -0.39 is 0 Å². The van der Waals surface area contributed by atoms with Gasteiger partial charge in [0.25, 0.3) is 0 Å². The molecule has 1 amide bonds. The number of halogens is 1. The largest absolute Gasteiger partial charge is 0.493 e. The van der Waals surface area contributed by atoms with Gasteiger partial charge in [-0.3, -0.25) is 9.79 Å². The molecule has 31 heavy (non-hydrogen) atoms. The molecule has 2 N–H and O–H groups in total. The van der Waals surface area contributed by atoms with Crippen molar-refractivity contribution >= 4 is 41.7 Å². The van der Waals surface area contributed by atoms with E-state index in [1.165, 1.54) is 11.1 Å². The summed E-state index contributed by atoms with van der Waals surface area (Å²) in [6.45, 7) is 3.93. The van der Waals surface area contributed by atoms with Gasteiger partial charge in [0.1, 0.15) is 5.82 Å². The van der Waals surface area contributed by atoms with E-state index in [2.05, 4.69) is 25.5 Å². The molecule has 0 radical (unpaired) electrons. The first kappa shape index (κ1) is 24.7. The van der Waals surface area contributed by atoms with Crippen LogP contribution >= 0.6 is 24.0 Å². The Morgan fingerprint density at radius 3 is 2.55 bits per heavy atom. The standard InChI is InChI=1S/C22H29N5O3.HI/c1-15-6-5-7-20(25-15)26-21(28)8-10-24-22(23-2)27-11-9-16-12-18(29-3)19(30-4)13-17(16)14-27;/h5-7,12-13H,8-11,14H2,1-4H3,(H,23,24)(H,25,26,28);1H. The highest BCUT2D eigenvalue weighted by Gasteiger charge is 2.21. The molecule has 1 aliphatic rings. The second-order valence-corrected chi connectivity index (χ2v) is 7.08. The summed E-state index contributed by atoms with van der Waals surface area (Å²) in [5.41, 5.74) is 3.31. The van der Waals surface area contributed by atoms with Gasteiger partial charge in [0, 0.05) is 38.8 Å². The number of pyridine rings is 1. The number of anilines is 1. The Kier molecular flexibility index (Phi) is 9.35. The van der Waals surface area contributed by atoms with Crippen molar-refractivity contribution in [2.75, 3.05) is 39.7 Å². The zero-order valence-electron chi connectivity index (χ0n) is 18.4. The van der Waals surface area contributed by atoms with Gasteiger partial charge in [0.05, 0.1) is 14.2 Å². The molecule has 1 aromatic heterocycles. The van der Waals surface area contributed by atoms with E-state index in [0.29, 0.717) is 18.8 Å². The summed E-state index contributed by atoms with van der Waals surface area (Å²) < 4.78 is 10.8. The minimum atomic E-state index is -0.0862. The molecule has 3 rings (SSSR count). The quantitative estimate of drug-likeness (QED) is 0.334. The maximum Gasteiger partial charge on any atom is 0.227 e. The normalized spacial score (nSPS) is 13.0. The Bertz CT molecular complexity index is 935. The zero-order valence-corrected chi connectivity index (χ0v) is 20.7. The zero-order chi connectivity index (χ0) is 21.5. The van der Waals surface area contributed by atoms with Gasteiger partial charge < -0.3 is 25.0 Å². The number of fused-ring (bicyclic) bond motifs is 1. The monoisotopic (exact) mass is 539 g/mol. The molecule has 0 saturated carbocycles. The third-order valence-electron chi connectivity index (χ3n) is 5.02. The molecule has 2 aromatic rings. The Labute approximate surface area is 200 Å². The van der Waals surface area contributed by atoms with E-state index in [0.717, 1.165) is 42.7 Å². The van der Waals surface area contributed by atoms with Crippen LogP contribution in [0, 0.1) is 6.92 Å². The lowest BCUT2D eigenvalue weighted by atomic mass is 9.99. The van der Waals surface area contributed by atoms with E-state index in [-0.39, 0.29) is 29.9 Å². The highest BCUT2D eigenvalue weighted by Crippen LogP contribution is 2.33. The lowest BCUT2D eigenvalue weighted by Crippen LogP contribution is -2.44. The molecule has 168 valence electrons. The highest BCUT2D eigenvalue weighted by molar-refractivity contribution is 14.0. The smallest absolute Gasteiger partial charge is 0.227 e. The second kappa shape index (κ2) is 11.7. The summed E-state index contributed by atoms with van der Waals surface area (Å²) in [7, 11) is 5.04. The minimum absolute atomic E-state index is 0. The molecule has 8 nitrogen and oxygen atoms in total. The molecule has 0 aliphatic carbocycles. The number of aliphatic imine (C=N–C) groups is 1. The average Bonchev–Trinajstić information content (AvgIpc) is 2.75.